The second-order valence-corrected chi connectivity index (χ2v) is 4.48. The number of nitrogens with one attached hydrogen (secondary N) is 1. The summed E-state index contributed by atoms with van der Waals surface area (Å²) < 4.78 is 1.85. The van der Waals surface area contributed by atoms with Gasteiger partial charge in [0, 0.05) is 39.3 Å². The molecule has 2 rings (SSSR count). The molecule has 1 atom stereocenters. The topological polar surface area (TPSA) is 45.5 Å². The lowest BCUT2D eigenvalue weighted by Crippen LogP contribution is -2.40. The van der Waals surface area contributed by atoms with Gasteiger partial charge in [-0.15, -0.1) is 6.42 Å². The van der Waals surface area contributed by atoms with Gasteiger partial charge in [-0.3, -0.25) is 9.67 Å². The van der Waals surface area contributed by atoms with Crippen LogP contribution >= 0.6 is 0 Å². The summed E-state index contributed by atoms with van der Waals surface area (Å²) in [4.78, 5) is 6.50. The maximum absolute atomic E-state index is 5.25. The highest BCUT2D eigenvalue weighted by atomic mass is 15.3. The van der Waals surface area contributed by atoms with Crippen molar-refractivity contribution in [3.8, 4) is 12.3 Å². The lowest BCUT2D eigenvalue weighted by atomic mass is 10.0. The van der Waals surface area contributed by atoms with E-state index >= 15 is 0 Å². The number of hydrogen-bond acceptors (Lipinski definition) is 2. The fourth-order valence-corrected chi connectivity index (χ4v) is 2.34. The van der Waals surface area contributed by atoms with Gasteiger partial charge in [0.15, 0.2) is 5.96 Å². The van der Waals surface area contributed by atoms with Crippen LogP contribution in [-0.4, -0.2) is 47.3 Å². The molecular weight excluding hydrogens is 226 g/mol. The lowest BCUT2D eigenvalue weighted by molar-refractivity contribution is 0.490. The van der Waals surface area contributed by atoms with Crippen LogP contribution in [0.2, 0.25) is 0 Å². The summed E-state index contributed by atoms with van der Waals surface area (Å²) in [5.74, 6) is 3.99. The van der Waals surface area contributed by atoms with Gasteiger partial charge in [0.1, 0.15) is 0 Å². The quantitative estimate of drug-likeness (QED) is 0.466. The molecule has 1 aromatic heterocycles. The summed E-state index contributed by atoms with van der Waals surface area (Å²) >= 11 is 0. The first-order valence-electron chi connectivity index (χ1n) is 6.12. The largest absolute Gasteiger partial charge is 0.345 e. The van der Waals surface area contributed by atoms with E-state index in [1.165, 1.54) is 5.56 Å². The summed E-state index contributed by atoms with van der Waals surface area (Å²) in [6, 6.07) is 0. The summed E-state index contributed by atoms with van der Waals surface area (Å²) in [6.07, 6.45) is 10.4. The van der Waals surface area contributed by atoms with Gasteiger partial charge in [0.05, 0.1) is 12.7 Å². The fourth-order valence-electron chi connectivity index (χ4n) is 2.34. The molecule has 1 unspecified atom stereocenters. The number of rotatable bonds is 2. The molecule has 0 spiro atoms. The van der Waals surface area contributed by atoms with Gasteiger partial charge in [-0.2, -0.15) is 5.10 Å². The van der Waals surface area contributed by atoms with Crippen LogP contribution in [0, 0.1) is 12.3 Å². The molecule has 1 saturated heterocycles. The van der Waals surface area contributed by atoms with E-state index in [9.17, 15) is 0 Å². The van der Waals surface area contributed by atoms with E-state index in [2.05, 4.69) is 32.4 Å². The number of aliphatic imine (C=N–C) groups is 1. The Morgan fingerprint density at radius 2 is 2.56 bits per heavy atom. The zero-order valence-electron chi connectivity index (χ0n) is 10.9. The summed E-state index contributed by atoms with van der Waals surface area (Å²) in [5.41, 5.74) is 1.30. The van der Waals surface area contributed by atoms with Crippen molar-refractivity contribution >= 4 is 5.96 Å². The van der Waals surface area contributed by atoms with E-state index in [-0.39, 0.29) is 0 Å². The first kappa shape index (κ1) is 12.5. The molecule has 1 aliphatic rings. The number of aryl methyl sites for hydroxylation is 1. The Kier molecular flexibility index (Phi) is 3.88. The Balaban J connectivity index is 1.97. The molecule has 0 aliphatic carbocycles. The molecule has 0 saturated carbocycles. The summed E-state index contributed by atoms with van der Waals surface area (Å²) in [7, 11) is 3.74. The van der Waals surface area contributed by atoms with Crippen LogP contribution in [0.1, 0.15) is 17.9 Å². The molecule has 0 amide bonds. The number of hydrogen-bond donors (Lipinski definition) is 1. The molecular formula is C13H19N5. The normalized spacial score (nSPS) is 19.9. The average molecular weight is 245 g/mol. The Labute approximate surface area is 108 Å². The van der Waals surface area contributed by atoms with E-state index in [0.29, 0.717) is 12.5 Å². The van der Waals surface area contributed by atoms with Crippen LogP contribution in [0.15, 0.2) is 17.4 Å². The zero-order valence-corrected chi connectivity index (χ0v) is 10.9. The minimum absolute atomic E-state index is 0.515. The van der Waals surface area contributed by atoms with Crippen LogP contribution < -0.4 is 5.32 Å². The van der Waals surface area contributed by atoms with E-state index in [0.717, 1.165) is 25.5 Å². The molecule has 1 fully saturated rings. The van der Waals surface area contributed by atoms with Crippen LogP contribution in [0.25, 0.3) is 0 Å². The van der Waals surface area contributed by atoms with Crippen molar-refractivity contribution in [1.82, 2.24) is 20.0 Å². The third-order valence-electron chi connectivity index (χ3n) is 3.24. The van der Waals surface area contributed by atoms with Gasteiger partial charge in [-0.1, -0.05) is 5.92 Å². The molecule has 1 aromatic rings. The fraction of sp³-hybridized carbons (Fsp3) is 0.538. The monoisotopic (exact) mass is 245 g/mol. The Hall–Kier alpha value is -1.96. The highest BCUT2D eigenvalue weighted by Gasteiger charge is 2.26. The number of nitrogens with zero attached hydrogens (tertiary/aromatic N) is 4. The zero-order chi connectivity index (χ0) is 13.0. The Bertz CT molecular complexity index is 468. The highest BCUT2D eigenvalue weighted by molar-refractivity contribution is 5.80. The molecule has 5 nitrogen and oxygen atoms in total. The third kappa shape index (κ3) is 2.65. The van der Waals surface area contributed by atoms with E-state index in [1.54, 1.807) is 7.05 Å². The van der Waals surface area contributed by atoms with Crippen molar-refractivity contribution in [2.75, 3.05) is 26.7 Å². The van der Waals surface area contributed by atoms with Crippen molar-refractivity contribution < 1.29 is 0 Å². The van der Waals surface area contributed by atoms with Gasteiger partial charge >= 0.3 is 0 Å². The van der Waals surface area contributed by atoms with Gasteiger partial charge in [-0.05, 0) is 12.0 Å². The van der Waals surface area contributed by atoms with Crippen molar-refractivity contribution in [2.24, 2.45) is 12.0 Å². The van der Waals surface area contributed by atoms with Crippen molar-refractivity contribution in [3.63, 3.8) is 0 Å². The lowest BCUT2D eigenvalue weighted by Gasteiger charge is -2.20. The summed E-state index contributed by atoms with van der Waals surface area (Å²) in [5, 5.41) is 7.38. The molecule has 0 aromatic carbocycles. The van der Waals surface area contributed by atoms with E-state index in [4.69, 9.17) is 6.42 Å². The number of aromatic nitrogens is 2. The number of terminal acetylenes is 1. The van der Waals surface area contributed by atoms with Crippen LogP contribution in [0.3, 0.4) is 0 Å². The highest BCUT2D eigenvalue weighted by Crippen LogP contribution is 2.26. The van der Waals surface area contributed by atoms with E-state index in [1.807, 2.05) is 17.9 Å². The van der Waals surface area contributed by atoms with Gasteiger partial charge in [0.25, 0.3) is 0 Å². The second kappa shape index (κ2) is 5.58. The molecule has 18 heavy (non-hydrogen) atoms. The van der Waals surface area contributed by atoms with Gasteiger partial charge in [-0.25, -0.2) is 0 Å². The standard InChI is InChI=1S/C13H19N5/c1-4-6-15-13(14-2)18-7-5-11(10-18)12-8-16-17(3)9-12/h1,8-9,11H,5-7,10H2,2-3H3,(H,14,15). The molecule has 96 valence electrons. The summed E-state index contributed by atoms with van der Waals surface area (Å²) in [6.45, 7) is 2.49. The Morgan fingerprint density at radius 1 is 1.72 bits per heavy atom. The van der Waals surface area contributed by atoms with Crippen LogP contribution in [0.4, 0.5) is 0 Å². The van der Waals surface area contributed by atoms with Crippen LogP contribution in [0.5, 0.6) is 0 Å². The predicted octanol–water partition coefficient (Wildman–Crippen LogP) is 0.418. The SMILES string of the molecule is C#CCNC(=NC)N1CCC(c2cnn(C)c2)C1. The first-order chi connectivity index (χ1) is 8.74. The number of guanidine groups is 1. The molecule has 5 heteroatoms. The first-order valence-corrected chi connectivity index (χ1v) is 6.12. The number of likely N-dealkylation sites (tertiary alicyclic amines) is 1. The average Bonchev–Trinajstić information content (AvgIpc) is 2.99. The molecule has 2 heterocycles. The van der Waals surface area contributed by atoms with Crippen molar-refractivity contribution in [1.29, 1.82) is 0 Å². The maximum atomic E-state index is 5.25. The van der Waals surface area contributed by atoms with Crippen molar-refractivity contribution in [3.05, 3.63) is 18.0 Å². The minimum Gasteiger partial charge on any atom is -0.345 e. The van der Waals surface area contributed by atoms with Crippen LogP contribution in [-0.2, 0) is 7.05 Å². The Morgan fingerprint density at radius 3 is 3.17 bits per heavy atom. The molecule has 0 bridgehead atoms. The van der Waals surface area contributed by atoms with E-state index < -0.39 is 0 Å². The molecule has 0 radical (unpaired) electrons. The second-order valence-electron chi connectivity index (χ2n) is 4.48. The van der Waals surface area contributed by atoms with Gasteiger partial charge in [0.2, 0.25) is 0 Å². The predicted molar refractivity (Wildman–Crippen MR) is 72.3 cm³/mol. The van der Waals surface area contributed by atoms with Gasteiger partial charge < -0.3 is 10.2 Å². The van der Waals surface area contributed by atoms with Crippen molar-refractivity contribution in [2.45, 2.75) is 12.3 Å². The third-order valence-corrected chi connectivity index (χ3v) is 3.24. The molecule has 1 N–H and O–H groups in total. The molecule has 1 aliphatic heterocycles. The maximum Gasteiger partial charge on any atom is 0.194 e. The minimum atomic E-state index is 0.515. The smallest absolute Gasteiger partial charge is 0.194 e.